The minimum absolute atomic E-state index is 0.0481. The van der Waals surface area contributed by atoms with Gasteiger partial charge in [-0.3, -0.25) is 4.99 Å². The van der Waals surface area contributed by atoms with Crippen LogP contribution < -0.4 is 5.32 Å². The van der Waals surface area contributed by atoms with Crippen molar-refractivity contribution in [1.82, 2.24) is 0 Å². The highest BCUT2D eigenvalue weighted by molar-refractivity contribution is 5.96. The van der Waals surface area contributed by atoms with Gasteiger partial charge in [0.1, 0.15) is 5.82 Å². The van der Waals surface area contributed by atoms with Gasteiger partial charge < -0.3 is 5.32 Å². The van der Waals surface area contributed by atoms with E-state index in [4.69, 9.17) is 0 Å². The van der Waals surface area contributed by atoms with E-state index in [1.807, 2.05) is 27.7 Å². The van der Waals surface area contributed by atoms with Crippen molar-refractivity contribution in [2.45, 2.75) is 33.7 Å². The molecular weight excluding hydrogens is 191 g/mol. The van der Waals surface area contributed by atoms with Crippen LogP contribution in [-0.4, -0.2) is 5.84 Å². The Labute approximate surface area is 90.2 Å². The minimum Gasteiger partial charge on any atom is -0.344 e. The highest BCUT2D eigenvalue weighted by Crippen LogP contribution is 2.29. The zero-order chi connectivity index (χ0) is 11.4. The number of fused-ring (bicyclic) bond motifs is 1. The maximum Gasteiger partial charge on any atom is 0.123 e. The normalized spacial score (nSPS) is 17.9. The first-order chi connectivity index (χ1) is 7.16. The van der Waals surface area contributed by atoms with Gasteiger partial charge >= 0.3 is 0 Å². The fourth-order valence-corrected chi connectivity index (χ4v) is 1.58. The average molecular weight is 208 g/mol. The number of nitrogens with zero attached hydrogens (tertiary/aromatic N) is 1. The van der Waals surface area contributed by atoms with E-state index in [1.165, 1.54) is 12.1 Å². The van der Waals surface area contributed by atoms with E-state index >= 15 is 0 Å². The van der Waals surface area contributed by atoms with Crippen LogP contribution in [0.4, 0.5) is 10.1 Å². The van der Waals surface area contributed by atoms with E-state index in [0.717, 1.165) is 17.1 Å². The molecule has 1 aliphatic rings. The summed E-state index contributed by atoms with van der Waals surface area (Å²) in [5.41, 5.74) is 1.88. The second kappa shape index (κ2) is 4.91. The van der Waals surface area contributed by atoms with Crippen LogP contribution >= 0.6 is 0 Å². The quantitative estimate of drug-likeness (QED) is 0.689. The molecular formula is C12H17FN2. The molecule has 1 heterocycles. The zero-order valence-electron chi connectivity index (χ0n) is 9.63. The first-order valence-electron chi connectivity index (χ1n) is 5.27. The first-order valence-corrected chi connectivity index (χ1v) is 5.27. The van der Waals surface area contributed by atoms with E-state index in [0.29, 0.717) is 0 Å². The van der Waals surface area contributed by atoms with Gasteiger partial charge in [-0.25, -0.2) is 4.39 Å². The van der Waals surface area contributed by atoms with Crippen LogP contribution in [0.15, 0.2) is 23.2 Å². The number of amidine groups is 1. The summed E-state index contributed by atoms with van der Waals surface area (Å²) in [6.07, 6.45) is 0. The number of nitrogens with one attached hydrogen (secondary N) is 1. The Morgan fingerprint density at radius 2 is 2.00 bits per heavy atom. The summed E-state index contributed by atoms with van der Waals surface area (Å²) in [4.78, 5) is 4.30. The van der Waals surface area contributed by atoms with Crippen LogP contribution in [0.25, 0.3) is 0 Å². The van der Waals surface area contributed by atoms with Crippen LogP contribution in [-0.2, 0) is 0 Å². The largest absolute Gasteiger partial charge is 0.344 e. The molecule has 0 radical (unpaired) electrons. The number of anilines is 1. The van der Waals surface area contributed by atoms with Crippen LogP contribution in [0.2, 0.25) is 0 Å². The highest BCUT2D eigenvalue weighted by Gasteiger charge is 2.15. The van der Waals surface area contributed by atoms with Crippen molar-refractivity contribution < 1.29 is 4.39 Å². The van der Waals surface area contributed by atoms with Crippen molar-refractivity contribution in [2.75, 3.05) is 5.32 Å². The van der Waals surface area contributed by atoms with E-state index in [2.05, 4.69) is 10.3 Å². The molecule has 0 fully saturated rings. The van der Waals surface area contributed by atoms with Gasteiger partial charge in [-0.1, -0.05) is 13.8 Å². The summed E-state index contributed by atoms with van der Waals surface area (Å²) >= 11 is 0. The molecule has 15 heavy (non-hydrogen) atoms. The zero-order valence-corrected chi connectivity index (χ0v) is 9.63. The number of hydrogen-bond acceptors (Lipinski definition) is 2. The fraction of sp³-hybridized carbons (Fsp3) is 0.417. The van der Waals surface area contributed by atoms with E-state index in [9.17, 15) is 4.39 Å². The summed E-state index contributed by atoms with van der Waals surface area (Å²) < 4.78 is 12.9. The fourth-order valence-electron chi connectivity index (χ4n) is 1.58. The summed E-state index contributed by atoms with van der Waals surface area (Å²) in [6.45, 7) is 7.87. The molecule has 0 amide bonds. The van der Waals surface area contributed by atoms with Crippen molar-refractivity contribution in [1.29, 1.82) is 0 Å². The standard InChI is InChI=1S/C10H11FN2.C2H6/c1-6-9-5-8(11)3-4-10(9)13-7(2)12-6;1-2/h3-6H,1-2H3,(H,12,13);1-2H3. The van der Waals surface area contributed by atoms with Gasteiger partial charge in [0.2, 0.25) is 0 Å². The third-order valence-electron chi connectivity index (χ3n) is 2.17. The van der Waals surface area contributed by atoms with E-state index in [-0.39, 0.29) is 11.9 Å². The number of rotatable bonds is 0. The lowest BCUT2D eigenvalue weighted by atomic mass is 10.0. The molecule has 0 aromatic heterocycles. The Hall–Kier alpha value is -1.38. The molecule has 1 atom stereocenters. The SMILES string of the molecule is CC.CC1=NC(C)c2cc(F)ccc2N1. The highest BCUT2D eigenvalue weighted by atomic mass is 19.1. The maximum absolute atomic E-state index is 12.9. The molecule has 1 aliphatic heterocycles. The lowest BCUT2D eigenvalue weighted by molar-refractivity contribution is 0.622. The van der Waals surface area contributed by atoms with Crippen molar-refractivity contribution in [3.8, 4) is 0 Å². The van der Waals surface area contributed by atoms with Gasteiger partial charge in [-0.2, -0.15) is 0 Å². The van der Waals surface area contributed by atoms with Gasteiger partial charge in [0.05, 0.1) is 11.9 Å². The first kappa shape index (κ1) is 11.7. The van der Waals surface area contributed by atoms with Crippen LogP contribution in [0, 0.1) is 5.82 Å². The van der Waals surface area contributed by atoms with Gasteiger partial charge in [0, 0.05) is 11.3 Å². The molecule has 1 aromatic rings. The van der Waals surface area contributed by atoms with Gasteiger partial charge in [-0.05, 0) is 32.0 Å². The molecule has 0 saturated heterocycles. The Balaban J connectivity index is 0.000000531. The van der Waals surface area contributed by atoms with Crippen LogP contribution in [0.1, 0.15) is 39.3 Å². The molecule has 0 bridgehead atoms. The number of hydrogen-bond donors (Lipinski definition) is 1. The Kier molecular flexibility index (Phi) is 3.83. The Morgan fingerprint density at radius 3 is 2.67 bits per heavy atom. The van der Waals surface area contributed by atoms with E-state index < -0.39 is 0 Å². The summed E-state index contributed by atoms with van der Waals surface area (Å²) in [5.74, 6) is 0.675. The van der Waals surface area contributed by atoms with Gasteiger partial charge in [0.25, 0.3) is 0 Å². The number of halogens is 1. The molecule has 1 N–H and O–H groups in total. The lowest BCUT2D eigenvalue weighted by Crippen LogP contribution is -2.16. The van der Waals surface area contributed by atoms with Crippen molar-refractivity contribution in [3.63, 3.8) is 0 Å². The topological polar surface area (TPSA) is 24.4 Å². The summed E-state index contributed by atoms with van der Waals surface area (Å²) in [6, 6.07) is 4.78. The molecule has 1 aromatic carbocycles. The van der Waals surface area contributed by atoms with Crippen molar-refractivity contribution >= 4 is 11.5 Å². The minimum atomic E-state index is -0.206. The average Bonchev–Trinajstić information content (AvgIpc) is 2.22. The second-order valence-electron chi connectivity index (χ2n) is 3.25. The molecule has 0 saturated carbocycles. The Bertz CT molecular complexity index is 372. The van der Waals surface area contributed by atoms with E-state index in [1.54, 1.807) is 6.07 Å². The maximum atomic E-state index is 12.9. The predicted molar refractivity (Wildman–Crippen MR) is 62.9 cm³/mol. The van der Waals surface area contributed by atoms with Crippen molar-refractivity contribution in [3.05, 3.63) is 29.6 Å². The third-order valence-corrected chi connectivity index (χ3v) is 2.17. The van der Waals surface area contributed by atoms with Crippen LogP contribution in [0.5, 0.6) is 0 Å². The molecule has 0 aliphatic carbocycles. The number of benzene rings is 1. The molecule has 2 nitrogen and oxygen atoms in total. The summed E-state index contributed by atoms with van der Waals surface area (Å²) in [7, 11) is 0. The third kappa shape index (κ3) is 2.55. The predicted octanol–water partition coefficient (Wildman–Crippen LogP) is 3.76. The van der Waals surface area contributed by atoms with Crippen molar-refractivity contribution in [2.24, 2.45) is 4.99 Å². The molecule has 82 valence electrons. The monoisotopic (exact) mass is 208 g/mol. The number of aliphatic imine (C=N–C) groups is 1. The molecule has 0 spiro atoms. The van der Waals surface area contributed by atoms with Crippen LogP contribution in [0.3, 0.4) is 0 Å². The molecule has 1 unspecified atom stereocenters. The lowest BCUT2D eigenvalue weighted by Gasteiger charge is -2.20. The van der Waals surface area contributed by atoms with Gasteiger partial charge in [-0.15, -0.1) is 0 Å². The van der Waals surface area contributed by atoms with Gasteiger partial charge in [0.15, 0.2) is 0 Å². The smallest absolute Gasteiger partial charge is 0.123 e. The Morgan fingerprint density at radius 1 is 1.33 bits per heavy atom. The molecule has 2 rings (SSSR count). The second-order valence-corrected chi connectivity index (χ2v) is 3.25. The summed E-state index contributed by atoms with van der Waals surface area (Å²) in [5, 5.41) is 3.10. The molecule has 3 heteroatoms.